The normalized spacial score (nSPS) is 14.7. The van der Waals surface area contributed by atoms with E-state index in [1.54, 1.807) is 24.3 Å². The number of carbonyl (C=O) groups excluding carboxylic acids is 1. The van der Waals surface area contributed by atoms with Crippen molar-refractivity contribution in [1.29, 1.82) is 0 Å². The summed E-state index contributed by atoms with van der Waals surface area (Å²) in [6.45, 7) is 0.567. The molecule has 0 saturated carbocycles. The van der Waals surface area contributed by atoms with Crippen molar-refractivity contribution in [1.82, 2.24) is 19.7 Å². The lowest BCUT2D eigenvalue weighted by Gasteiger charge is -2.28. The van der Waals surface area contributed by atoms with Crippen molar-refractivity contribution in [2.45, 2.75) is 25.8 Å². The monoisotopic (exact) mass is 325 g/mol. The van der Waals surface area contributed by atoms with E-state index in [-0.39, 0.29) is 31.4 Å². The fourth-order valence-electron chi connectivity index (χ4n) is 2.51. The second-order valence-corrected chi connectivity index (χ2v) is 5.22. The summed E-state index contributed by atoms with van der Waals surface area (Å²) in [4.78, 5) is 13.9. The van der Waals surface area contributed by atoms with Gasteiger partial charge in [-0.2, -0.15) is 13.2 Å². The molecule has 2 aromatic rings. The van der Waals surface area contributed by atoms with Crippen molar-refractivity contribution in [2.75, 3.05) is 6.54 Å². The van der Waals surface area contributed by atoms with Crippen LogP contribution < -0.4 is 5.73 Å². The lowest BCUT2D eigenvalue weighted by Crippen LogP contribution is -2.39. The number of benzene rings is 1. The van der Waals surface area contributed by atoms with Crippen LogP contribution in [0.2, 0.25) is 0 Å². The van der Waals surface area contributed by atoms with Crippen molar-refractivity contribution >= 4 is 5.91 Å². The van der Waals surface area contributed by atoms with Gasteiger partial charge in [-0.15, -0.1) is 10.2 Å². The molecule has 1 aliphatic heterocycles. The highest BCUT2D eigenvalue weighted by atomic mass is 19.4. The van der Waals surface area contributed by atoms with Crippen molar-refractivity contribution in [3.05, 3.63) is 47.0 Å². The molecule has 1 aromatic carbocycles. The first-order chi connectivity index (χ1) is 10.9. The highest BCUT2D eigenvalue weighted by Crippen LogP contribution is 2.29. The van der Waals surface area contributed by atoms with E-state index in [0.29, 0.717) is 12.1 Å². The van der Waals surface area contributed by atoms with Crippen LogP contribution >= 0.6 is 0 Å². The van der Waals surface area contributed by atoms with Gasteiger partial charge in [-0.05, 0) is 17.7 Å². The smallest absolute Gasteiger partial charge is 0.329 e. The van der Waals surface area contributed by atoms with Gasteiger partial charge in [-0.3, -0.25) is 4.79 Å². The second-order valence-electron chi connectivity index (χ2n) is 5.22. The van der Waals surface area contributed by atoms with Crippen LogP contribution in [0.4, 0.5) is 13.2 Å². The molecule has 2 N–H and O–H groups in total. The van der Waals surface area contributed by atoms with Gasteiger partial charge in [0.2, 0.25) is 5.82 Å². The van der Waals surface area contributed by atoms with Crippen molar-refractivity contribution in [3.63, 3.8) is 0 Å². The Kier molecular flexibility index (Phi) is 3.80. The predicted molar refractivity (Wildman–Crippen MR) is 74.1 cm³/mol. The Morgan fingerprint density at radius 2 is 1.87 bits per heavy atom. The summed E-state index contributed by atoms with van der Waals surface area (Å²) in [6, 6.07) is 6.82. The maximum atomic E-state index is 12.8. The molecule has 122 valence electrons. The average Bonchev–Trinajstić information content (AvgIpc) is 2.97. The third-order valence-corrected chi connectivity index (χ3v) is 3.73. The number of hydrogen-bond acceptors (Lipinski definition) is 4. The fourth-order valence-corrected chi connectivity index (χ4v) is 2.51. The highest BCUT2D eigenvalue weighted by molar-refractivity contribution is 5.94. The number of hydrogen-bond donors (Lipinski definition) is 1. The van der Waals surface area contributed by atoms with Crippen molar-refractivity contribution in [3.8, 4) is 0 Å². The zero-order chi connectivity index (χ0) is 16.6. The molecule has 23 heavy (non-hydrogen) atoms. The van der Waals surface area contributed by atoms with Crippen molar-refractivity contribution in [2.24, 2.45) is 5.73 Å². The topological polar surface area (TPSA) is 77.0 Å². The Morgan fingerprint density at radius 1 is 1.17 bits per heavy atom. The lowest BCUT2D eigenvalue weighted by molar-refractivity contribution is -0.147. The molecule has 0 unspecified atom stereocenters. The maximum Gasteiger partial charge on any atom is 0.451 e. The molecule has 0 atom stereocenters. The molecule has 9 heteroatoms. The summed E-state index contributed by atoms with van der Waals surface area (Å²) in [6.07, 6.45) is -4.55. The molecule has 0 radical (unpaired) electrons. The van der Waals surface area contributed by atoms with E-state index in [4.69, 9.17) is 5.73 Å². The van der Waals surface area contributed by atoms with E-state index < -0.39 is 12.0 Å². The van der Waals surface area contributed by atoms with Crippen molar-refractivity contribution < 1.29 is 18.0 Å². The third kappa shape index (κ3) is 2.91. The zero-order valence-electron chi connectivity index (χ0n) is 12.0. The Balaban J connectivity index is 1.79. The molecule has 0 saturated heterocycles. The molecule has 1 amide bonds. The zero-order valence-corrected chi connectivity index (χ0v) is 12.0. The van der Waals surface area contributed by atoms with E-state index in [0.717, 1.165) is 10.1 Å². The average molecular weight is 325 g/mol. The first kappa shape index (κ1) is 15.5. The standard InChI is InChI=1S/C14H14F3N5O/c15-14(16,17)13-20-19-11-8-21(5-6-22(11)13)12(23)10-3-1-9(7-18)2-4-10/h1-4H,5-8,18H2. The number of aromatic nitrogens is 3. The number of amides is 1. The number of rotatable bonds is 2. The predicted octanol–water partition coefficient (Wildman–Crippen LogP) is 1.41. The number of nitrogens with two attached hydrogens (primary N) is 1. The van der Waals surface area contributed by atoms with Crippen LogP contribution in [-0.4, -0.2) is 32.1 Å². The molecule has 0 fully saturated rings. The summed E-state index contributed by atoms with van der Waals surface area (Å²) >= 11 is 0. The molecule has 2 heterocycles. The van der Waals surface area contributed by atoms with Gasteiger partial charge in [0, 0.05) is 25.2 Å². The summed E-state index contributed by atoms with van der Waals surface area (Å²) in [7, 11) is 0. The molecule has 0 bridgehead atoms. The van der Waals surface area contributed by atoms with Crippen LogP contribution in [0.5, 0.6) is 0 Å². The van der Waals surface area contributed by atoms with E-state index in [1.165, 1.54) is 4.90 Å². The summed E-state index contributed by atoms with van der Waals surface area (Å²) in [5, 5.41) is 6.75. The van der Waals surface area contributed by atoms with Gasteiger partial charge in [0.15, 0.2) is 5.82 Å². The van der Waals surface area contributed by atoms with Crippen LogP contribution in [0.3, 0.4) is 0 Å². The quantitative estimate of drug-likeness (QED) is 0.906. The Labute approximate surface area is 129 Å². The number of fused-ring (bicyclic) bond motifs is 1. The highest BCUT2D eigenvalue weighted by Gasteiger charge is 2.39. The second kappa shape index (κ2) is 5.65. The van der Waals surface area contributed by atoms with Gasteiger partial charge < -0.3 is 15.2 Å². The SMILES string of the molecule is NCc1ccc(C(=O)N2CCn3c(nnc3C(F)(F)F)C2)cc1. The lowest BCUT2D eigenvalue weighted by atomic mass is 10.1. The van der Waals surface area contributed by atoms with Gasteiger partial charge in [0.05, 0.1) is 6.54 Å². The first-order valence-electron chi connectivity index (χ1n) is 6.97. The molecular weight excluding hydrogens is 311 g/mol. The molecular formula is C14H14F3N5O. The molecule has 6 nitrogen and oxygen atoms in total. The Bertz CT molecular complexity index is 723. The number of carbonyl (C=O) groups is 1. The van der Waals surface area contributed by atoms with Crippen LogP contribution in [0.15, 0.2) is 24.3 Å². The van der Waals surface area contributed by atoms with Crippen LogP contribution in [0.25, 0.3) is 0 Å². The largest absolute Gasteiger partial charge is 0.451 e. The Hall–Kier alpha value is -2.42. The summed E-state index contributed by atoms with van der Waals surface area (Å²) in [5.41, 5.74) is 6.87. The molecule has 1 aliphatic rings. The minimum atomic E-state index is -4.55. The van der Waals surface area contributed by atoms with E-state index in [9.17, 15) is 18.0 Å². The molecule has 3 rings (SSSR count). The maximum absolute atomic E-state index is 12.8. The van der Waals surface area contributed by atoms with E-state index >= 15 is 0 Å². The molecule has 0 spiro atoms. The van der Waals surface area contributed by atoms with E-state index in [2.05, 4.69) is 10.2 Å². The first-order valence-corrected chi connectivity index (χ1v) is 6.97. The number of nitrogens with zero attached hydrogens (tertiary/aromatic N) is 4. The Morgan fingerprint density at radius 3 is 2.48 bits per heavy atom. The minimum absolute atomic E-state index is 0.000549. The van der Waals surface area contributed by atoms with Gasteiger partial charge in [-0.25, -0.2) is 0 Å². The number of alkyl halides is 3. The van der Waals surface area contributed by atoms with Gasteiger partial charge in [0.25, 0.3) is 5.91 Å². The van der Waals surface area contributed by atoms with Gasteiger partial charge >= 0.3 is 6.18 Å². The third-order valence-electron chi connectivity index (χ3n) is 3.73. The van der Waals surface area contributed by atoms with E-state index in [1.807, 2.05) is 0 Å². The summed E-state index contributed by atoms with van der Waals surface area (Å²) in [5.74, 6) is -1.14. The minimum Gasteiger partial charge on any atom is -0.329 e. The van der Waals surface area contributed by atoms with Gasteiger partial charge in [-0.1, -0.05) is 12.1 Å². The van der Waals surface area contributed by atoms with Gasteiger partial charge in [0.1, 0.15) is 0 Å². The van der Waals surface area contributed by atoms with Crippen LogP contribution in [0, 0.1) is 0 Å². The molecule has 0 aliphatic carbocycles. The fraction of sp³-hybridized carbons (Fsp3) is 0.357. The van der Waals surface area contributed by atoms with Crippen LogP contribution in [-0.2, 0) is 25.8 Å². The number of halogens is 3. The molecule has 1 aromatic heterocycles. The van der Waals surface area contributed by atoms with Crippen LogP contribution in [0.1, 0.15) is 27.6 Å². The summed E-state index contributed by atoms with van der Waals surface area (Å²) < 4.78 is 39.4.